The summed E-state index contributed by atoms with van der Waals surface area (Å²) in [5.41, 5.74) is 1.07. The zero-order chi connectivity index (χ0) is 12.5. The molecule has 2 aliphatic heterocycles. The van der Waals surface area contributed by atoms with Gasteiger partial charge in [-0.25, -0.2) is 0 Å². The van der Waals surface area contributed by atoms with Gasteiger partial charge in [0.1, 0.15) is 12.2 Å². The number of rotatable bonds is 1. The molecule has 0 aliphatic carbocycles. The molecule has 5 atom stereocenters. The lowest BCUT2D eigenvalue weighted by atomic mass is 10.0. The quantitative estimate of drug-likeness (QED) is 0.823. The Morgan fingerprint density at radius 1 is 1.17 bits per heavy atom. The fraction of sp³-hybridized carbons (Fsp3) is 0.571. The number of hydrogen-bond acceptors (Lipinski definition) is 4. The van der Waals surface area contributed by atoms with E-state index in [0.29, 0.717) is 13.0 Å². The maximum absolute atomic E-state index is 10.1. The molecule has 0 bridgehead atoms. The van der Waals surface area contributed by atoms with Crippen LogP contribution in [0.5, 0.6) is 0 Å². The minimum atomic E-state index is -0.523. The monoisotopic (exact) mass is 250 g/mol. The van der Waals surface area contributed by atoms with Crippen molar-refractivity contribution in [2.24, 2.45) is 0 Å². The molecule has 18 heavy (non-hydrogen) atoms. The SMILES string of the molecule is CC1CC(O)C2OC(c3ccccc3)COC2O1. The first-order chi connectivity index (χ1) is 8.74. The van der Waals surface area contributed by atoms with Gasteiger partial charge in [-0.05, 0) is 12.5 Å². The van der Waals surface area contributed by atoms with Crippen LogP contribution in [0.15, 0.2) is 30.3 Å². The van der Waals surface area contributed by atoms with Crippen LogP contribution < -0.4 is 0 Å². The van der Waals surface area contributed by atoms with Crippen molar-refractivity contribution in [2.45, 2.75) is 44.1 Å². The van der Waals surface area contributed by atoms with Crippen LogP contribution in [0.2, 0.25) is 0 Å². The molecule has 4 nitrogen and oxygen atoms in total. The van der Waals surface area contributed by atoms with E-state index < -0.39 is 12.4 Å². The summed E-state index contributed by atoms with van der Waals surface area (Å²) < 4.78 is 17.3. The highest BCUT2D eigenvalue weighted by atomic mass is 16.7. The molecule has 1 aromatic carbocycles. The first kappa shape index (κ1) is 12.1. The summed E-state index contributed by atoms with van der Waals surface area (Å²) in [6.07, 6.45) is -0.877. The van der Waals surface area contributed by atoms with Crippen LogP contribution in [0.1, 0.15) is 25.0 Å². The highest BCUT2D eigenvalue weighted by Gasteiger charge is 2.42. The molecule has 2 heterocycles. The lowest BCUT2D eigenvalue weighted by Gasteiger charge is -2.43. The summed E-state index contributed by atoms with van der Waals surface area (Å²) in [6, 6.07) is 9.93. The second-order valence-electron chi connectivity index (χ2n) is 4.95. The molecule has 1 aromatic rings. The van der Waals surface area contributed by atoms with Crippen LogP contribution in [0, 0.1) is 0 Å². The molecule has 0 spiro atoms. The van der Waals surface area contributed by atoms with Crippen LogP contribution in [-0.2, 0) is 14.2 Å². The van der Waals surface area contributed by atoms with Gasteiger partial charge in [-0.2, -0.15) is 0 Å². The lowest BCUT2D eigenvalue weighted by Crippen LogP contribution is -2.53. The van der Waals surface area contributed by atoms with Crippen LogP contribution in [0.25, 0.3) is 0 Å². The first-order valence-electron chi connectivity index (χ1n) is 6.39. The van der Waals surface area contributed by atoms with E-state index in [9.17, 15) is 5.11 Å². The fourth-order valence-electron chi connectivity index (χ4n) is 2.56. The van der Waals surface area contributed by atoms with Crippen molar-refractivity contribution < 1.29 is 19.3 Å². The number of hydrogen-bond donors (Lipinski definition) is 1. The Morgan fingerprint density at radius 2 is 1.94 bits per heavy atom. The summed E-state index contributed by atoms with van der Waals surface area (Å²) >= 11 is 0. The van der Waals surface area contributed by atoms with Crippen molar-refractivity contribution in [2.75, 3.05) is 6.61 Å². The van der Waals surface area contributed by atoms with Crippen LogP contribution >= 0.6 is 0 Å². The minimum absolute atomic E-state index is 0.0122. The molecular weight excluding hydrogens is 232 g/mol. The summed E-state index contributed by atoms with van der Waals surface area (Å²) in [5.74, 6) is 0. The van der Waals surface area contributed by atoms with E-state index in [1.807, 2.05) is 37.3 Å². The van der Waals surface area contributed by atoms with E-state index in [-0.39, 0.29) is 18.3 Å². The summed E-state index contributed by atoms with van der Waals surface area (Å²) in [4.78, 5) is 0. The van der Waals surface area contributed by atoms with E-state index >= 15 is 0 Å². The number of aliphatic hydroxyl groups excluding tert-OH is 1. The lowest BCUT2D eigenvalue weighted by molar-refractivity contribution is -0.325. The maximum Gasteiger partial charge on any atom is 0.186 e. The van der Waals surface area contributed by atoms with E-state index in [2.05, 4.69) is 0 Å². The molecule has 4 heteroatoms. The Hall–Kier alpha value is -0.940. The molecule has 0 saturated carbocycles. The molecule has 1 N–H and O–H groups in total. The zero-order valence-electron chi connectivity index (χ0n) is 10.4. The number of fused-ring (bicyclic) bond motifs is 1. The standard InChI is InChI=1S/C14H18O4/c1-9-7-11(15)13-14(17-9)16-8-12(18-13)10-5-3-2-4-6-10/h2-6,9,11-15H,7-8H2,1H3. The molecule has 0 amide bonds. The third-order valence-corrected chi connectivity index (χ3v) is 3.49. The minimum Gasteiger partial charge on any atom is -0.390 e. The Morgan fingerprint density at radius 3 is 2.72 bits per heavy atom. The molecule has 0 aromatic heterocycles. The molecule has 3 rings (SSSR count). The van der Waals surface area contributed by atoms with Gasteiger partial charge in [0.25, 0.3) is 0 Å². The average Bonchev–Trinajstić information content (AvgIpc) is 2.39. The molecule has 98 valence electrons. The second-order valence-corrected chi connectivity index (χ2v) is 4.95. The topological polar surface area (TPSA) is 47.9 Å². The van der Waals surface area contributed by atoms with Gasteiger partial charge in [-0.1, -0.05) is 30.3 Å². The van der Waals surface area contributed by atoms with Crippen molar-refractivity contribution in [1.82, 2.24) is 0 Å². The van der Waals surface area contributed by atoms with E-state index in [1.165, 1.54) is 0 Å². The van der Waals surface area contributed by atoms with Crippen molar-refractivity contribution in [1.29, 1.82) is 0 Å². The Balaban J connectivity index is 1.73. The van der Waals surface area contributed by atoms with E-state index in [1.54, 1.807) is 0 Å². The van der Waals surface area contributed by atoms with Gasteiger partial charge in [0.15, 0.2) is 6.29 Å². The first-order valence-corrected chi connectivity index (χ1v) is 6.39. The van der Waals surface area contributed by atoms with Crippen molar-refractivity contribution in [3.8, 4) is 0 Å². The van der Waals surface area contributed by atoms with Gasteiger partial charge >= 0.3 is 0 Å². The van der Waals surface area contributed by atoms with Gasteiger partial charge < -0.3 is 19.3 Å². The largest absolute Gasteiger partial charge is 0.390 e. The average molecular weight is 250 g/mol. The van der Waals surface area contributed by atoms with Gasteiger partial charge in [0.2, 0.25) is 0 Å². The Bertz CT molecular complexity index is 394. The fourth-order valence-corrected chi connectivity index (χ4v) is 2.56. The van der Waals surface area contributed by atoms with Gasteiger partial charge in [-0.3, -0.25) is 0 Å². The van der Waals surface area contributed by atoms with E-state index in [0.717, 1.165) is 5.56 Å². The van der Waals surface area contributed by atoms with Crippen molar-refractivity contribution in [3.05, 3.63) is 35.9 Å². The molecule has 2 saturated heterocycles. The Labute approximate surface area is 106 Å². The van der Waals surface area contributed by atoms with Crippen molar-refractivity contribution >= 4 is 0 Å². The Kier molecular flexibility index (Phi) is 3.35. The van der Waals surface area contributed by atoms with Gasteiger partial charge in [-0.15, -0.1) is 0 Å². The normalized spacial score (nSPS) is 40.2. The highest BCUT2D eigenvalue weighted by Crippen LogP contribution is 2.33. The predicted molar refractivity (Wildman–Crippen MR) is 65.0 cm³/mol. The third-order valence-electron chi connectivity index (χ3n) is 3.49. The van der Waals surface area contributed by atoms with Crippen molar-refractivity contribution in [3.63, 3.8) is 0 Å². The molecule has 2 fully saturated rings. The van der Waals surface area contributed by atoms with Crippen LogP contribution in [-0.4, -0.2) is 36.3 Å². The van der Waals surface area contributed by atoms with Gasteiger partial charge in [0, 0.05) is 6.42 Å². The van der Waals surface area contributed by atoms with Crippen LogP contribution in [0.4, 0.5) is 0 Å². The molecule has 0 radical (unpaired) electrons. The third kappa shape index (κ3) is 2.29. The van der Waals surface area contributed by atoms with Crippen LogP contribution in [0.3, 0.4) is 0 Å². The molecule has 2 aliphatic rings. The van der Waals surface area contributed by atoms with E-state index in [4.69, 9.17) is 14.2 Å². The zero-order valence-corrected chi connectivity index (χ0v) is 10.4. The predicted octanol–water partition coefficient (Wildman–Crippen LogP) is 1.64. The number of benzene rings is 1. The maximum atomic E-state index is 10.1. The smallest absolute Gasteiger partial charge is 0.186 e. The highest BCUT2D eigenvalue weighted by molar-refractivity contribution is 5.18. The second kappa shape index (κ2) is 4.97. The summed E-state index contributed by atoms with van der Waals surface area (Å²) in [7, 11) is 0. The number of ether oxygens (including phenoxy) is 3. The number of aliphatic hydroxyl groups is 1. The summed E-state index contributed by atoms with van der Waals surface area (Å²) in [6.45, 7) is 2.40. The molecule has 5 unspecified atom stereocenters. The summed E-state index contributed by atoms with van der Waals surface area (Å²) in [5, 5.41) is 10.1. The molecular formula is C14H18O4. The van der Waals surface area contributed by atoms with Gasteiger partial charge in [0.05, 0.1) is 18.8 Å².